The molecular weight excluding hydrogens is 290 g/mol. The van der Waals surface area contributed by atoms with Crippen molar-refractivity contribution in [3.05, 3.63) is 40.4 Å². The molecule has 0 aromatic heterocycles. The monoisotopic (exact) mass is 309 g/mol. The van der Waals surface area contributed by atoms with Crippen molar-refractivity contribution in [1.82, 2.24) is 5.32 Å². The van der Waals surface area contributed by atoms with Gasteiger partial charge in [-0.05, 0) is 53.4 Å². The van der Waals surface area contributed by atoms with Crippen molar-refractivity contribution in [2.75, 3.05) is 6.61 Å². The molecule has 0 radical (unpaired) electrons. The minimum absolute atomic E-state index is 0.688. The second kappa shape index (κ2) is 6.39. The molecule has 1 saturated carbocycles. The molecule has 1 aromatic carbocycles. The molecule has 1 aromatic rings. The van der Waals surface area contributed by atoms with Crippen molar-refractivity contribution in [3.8, 4) is 5.75 Å². The molecule has 0 atom stereocenters. The van der Waals surface area contributed by atoms with Gasteiger partial charge in [0.05, 0.1) is 11.1 Å². The molecule has 98 valence electrons. The highest BCUT2D eigenvalue weighted by Gasteiger charge is 2.19. The molecule has 0 saturated heterocycles. The van der Waals surface area contributed by atoms with E-state index in [1.54, 1.807) is 0 Å². The van der Waals surface area contributed by atoms with Gasteiger partial charge in [0.25, 0.3) is 0 Å². The Balaban J connectivity index is 1.85. The number of hydrogen-bond acceptors (Lipinski definition) is 2. The lowest BCUT2D eigenvalue weighted by molar-refractivity contribution is 0.319. The SMILES string of the molecule is C=C(C)CCOc1ccc(CNC2CC2)cc1Br. The molecule has 3 heteroatoms. The summed E-state index contributed by atoms with van der Waals surface area (Å²) in [6.45, 7) is 7.52. The van der Waals surface area contributed by atoms with Gasteiger partial charge >= 0.3 is 0 Å². The summed E-state index contributed by atoms with van der Waals surface area (Å²) in [7, 11) is 0. The number of nitrogens with one attached hydrogen (secondary N) is 1. The van der Waals surface area contributed by atoms with E-state index in [1.165, 1.54) is 18.4 Å². The number of hydrogen-bond donors (Lipinski definition) is 1. The van der Waals surface area contributed by atoms with E-state index in [9.17, 15) is 0 Å². The van der Waals surface area contributed by atoms with Crippen LogP contribution in [0.2, 0.25) is 0 Å². The van der Waals surface area contributed by atoms with Crippen molar-refractivity contribution in [2.24, 2.45) is 0 Å². The van der Waals surface area contributed by atoms with E-state index >= 15 is 0 Å². The Bertz CT molecular complexity index is 427. The van der Waals surface area contributed by atoms with Crippen LogP contribution in [0.4, 0.5) is 0 Å². The summed E-state index contributed by atoms with van der Waals surface area (Å²) in [4.78, 5) is 0. The van der Waals surface area contributed by atoms with Gasteiger partial charge in [0.2, 0.25) is 0 Å². The van der Waals surface area contributed by atoms with Gasteiger partial charge < -0.3 is 10.1 Å². The first-order valence-electron chi connectivity index (χ1n) is 6.44. The van der Waals surface area contributed by atoms with Gasteiger partial charge in [-0.1, -0.05) is 11.6 Å². The zero-order valence-corrected chi connectivity index (χ0v) is 12.4. The van der Waals surface area contributed by atoms with Gasteiger partial charge in [0, 0.05) is 19.0 Å². The summed E-state index contributed by atoms with van der Waals surface area (Å²) in [6, 6.07) is 7.03. The second-order valence-corrected chi connectivity index (χ2v) is 5.83. The van der Waals surface area contributed by atoms with Crippen LogP contribution in [0.1, 0.15) is 31.7 Å². The van der Waals surface area contributed by atoms with Gasteiger partial charge in [0.15, 0.2) is 0 Å². The van der Waals surface area contributed by atoms with Gasteiger partial charge in [-0.25, -0.2) is 0 Å². The normalized spacial score (nSPS) is 14.6. The highest BCUT2D eigenvalue weighted by atomic mass is 79.9. The van der Waals surface area contributed by atoms with Gasteiger partial charge in [-0.15, -0.1) is 6.58 Å². The largest absolute Gasteiger partial charge is 0.492 e. The number of ether oxygens (including phenoxy) is 1. The molecule has 1 fully saturated rings. The van der Waals surface area contributed by atoms with Crippen molar-refractivity contribution < 1.29 is 4.74 Å². The maximum Gasteiger partial charge on any atom is 0.133 e. The Morgan fingerprint density at radius 3 is 2.89 bits per heavy atom. The van der Waals surface area contributed by atoms with Crippen molar-refractivity contribution in [3.63, 3.8) is 0 Å². The van der Waals surface area contributed by atoms with E-state index in [1.807, 2.05) is 13.0 Å². The summed E-state index contributed by atoms with van der Waals surface area (Å²) < 4.78 is 6.74. The fraction of sp³-hybridized carbons (Fsp3) is 0.467. The molecule has 0 spiro atoms. The molecule has 0 bridgehead atoms. The van der Waals surface area contributed by atoms with E-state index < -0.39 is 0 Å². The lowest BCUT2D eigenvalue weighted by atomic mass is 10.2. The quantitative estimate of drug-likeness (QED) is 0.767. The predicted molar refractivity (Wildman–Crippen MR) is 78.9 cm³/mol. The van der Waals surface area contributed by atoms with E-state index in [-0.39, 0.29) is 0 Å². The topological polar surface area (TPSA) is 21.3 Å². The first-order chi connectivity index (χ1) is 8.65. The van der Waals surface area contributed by atoms with Crippen molar-refractivity contribution >= 4 is 15.9 Å². The third-order valence-electron chi connectivity index (χ3n) is 2.95. The lowest BCUT2D eigenvalue weighted by Gasteiger charge is -2.10. The molecule has 0 aliphatic heterocycles. The smallest absolute Gasteiger partial charge is 0.133 e. The Morgan fingerprint density at radius 1 is 1.50 bits per heavy atom. The summed E-state index contributed by atoms with van der Waals surface area (Å²) in [5.41, 5.74) is 2.44. The number of benzene rings is 1. The molecule has 0 amide bonds. The Morgan fingerprint density at radius 2 is 2.28 bits per heavy atom. The standard InChI is InChI=1S/C15H20BrNO/c1-11(2)7-8-18-15-6-3-12(9-14(15)16)10-17-13-4-5-13/h3,6,9,13,17H,1,4-5,7-8,10H2,2H3. The fourth-order valence-corrected chi connectivity index (χ4v) is 2.20. The van der Waals surface area contributed by atoms with Crippen LogP contribution in [0.25, 0.3) is 0 Å². The van der Waals surface area contributed by atoms with Crippen LogP contribution in [0, 0.1) is 0 Å². The van der Waals surface area contributed by atoms with Gasteiger partial charge in [-0.3, -0.25) is 0 Å². The van der Waals surface area contributed by atoms with Crippen LogP contribution in [-0.2, 0) is 6.54 Å². The third-order valence-corrected chi connectivity index (χ3v) is 3.57. The molecule has 0 unspecified atom stereocenters. The van der Waals surface area contributed by atoms with Crippen LogP contribution in [0.5, 0.6) is 5.75 Å². The molecule has 18 heavy (non-hydrogen) atoms. The van der Waals surface area contributed by atoms with Crippen LogP contribution in [-0.4, -0.2) is 12.6 Å². The van der Waals surface area contributed by atoms with Crippen LogP contribution in [0.15, 0.2) is 34.8 Å². The highest BCUT2D eigenvalue weighted by Crippen LogP contribution is 2.27. The first kappa shape index (κ1) is 13.6. The van der Waals surface area contributed by atoms with Crippen LogP contribution >= 0.6 is 15.9 Å². The Kier molecular flexibility index (Phi) is 4.84. The third kappa shape index (κ3) is 4.46. The average Bonchev–Trinajstić information content (AvgIpc) is 3.12. The second-order valence-electron chi connectivity index (χ2n) is 4.98. The fourth-order valence-electron chi connectivity index (χ4n) is 1.66. The zero-order chi connectivity index (χ0) is 13.0. The van der Waals surface area contributed by atoms with Gasteiger partial charge in [-0.2, -0.15) is 0 Å². The van der Waals surface area contributed by atoms with Crippen molar-refractivity contribution in [2.45, 2.75) is 38.8 Å². The number of halogens is 1. The zero-order valence-electron chi connectivity index (χ0n) is 10.8. The molecule has 2 nitrogen and oxygen atoms in total. The number of rotatable bonds is 7. The summed E-state index contributed by atoms with van der Waals surface area (Å²) in [5.74, 6) is 0.909. The van der Waals surface area contributed by atoms with Gasteiger partial charge in [0.1, 0.15) is 5.75 Å². The Labute approximate surface area is 118 Å². The predicted octanol–water partition coefficient (Wildman–Crippen LogP) is 4.05. The lowest BCUT2D eigenvalue weighted by Crippen LogP contribution is -2.15. The first-order valence-corrected chi connectivity index (χ1v) is 7.23. The minimum Gasteiger partial charge on any atom is -0.492 e. The maximum absolute atomic E-state index is 5.71. The molecule has 1 aliphatic rings. The molecule has 1 aliphatic carbocycles. The average molecular weight is 310 g/mol. The van der Waals surface area contributed by atoms with Crippen LogP contribution < -0.4 is 10.1 Å². The summed E-state index contributed by atoms with van der Waals surface area (Å²) in [6.07, 6.45) is 3.55. The Hall–Kier alpha value is -0.800. The van der Waals surface area contributed by atoms with Crippen LogP contribution in [0.3, 0.4) is 0 Å². The van der Waals surface area contributed by atoms with E-state index in [0.717, 1.165) is 34.8 Å². The van der Waals surface area contributed by atoms with Crippen molar-refractivity contribution in [1.29, 1.82) is 0 Å². The van der Waals surface area contributed by atoms with E-state index in [0.29, 0.717) is 6.61 Å². The highest BCUT2D eigenvalue weighted by molar-refractivity contribution is 9.10. The minimum atomic E-state index is 0.688. The summed E-state index contributed by atoms with van der Waals surface area (Å²) in [5, 5.41) is 3.50. The molecular formula is C15H20BrNO. The molecule has 2 rings (SSSR count). The maximum atomic E-state index is 5.71. The van der Waals surface area contributed by atoms with E-state index in [4.69, 9.17) is 4.74 Å². The van der Waals surface area contributed by atoms with E-state index in [2.05, 4.69) is 40.0 Å². The molecule has 1 N–H and O–H groups in total. The summed E-state index contributed by atoms with van der Waals surface area (Å²) >= 11 is 3.56. The molecule has 0 heterocycles.